The lowest BCUT2D eigenvalue weighted by Gasteiger charge is -2.26. The van der Waals surface area contributed by atoms with E-state index in [0.717, 1.165) is 5.92 Å². The van der Waals surface area contributed by atoms with Crippen LogP contribution in [-0.4, -0.2) is 18.8 Å². The Hall–Kier alpha value is -0.430. The van der Waals surface area contributed by atoms with Crippen molar-refractivity contribution in [3.8, 4) is 0 Å². The van der Waals surface area contributed by atoms with Crippen LogP contribution in [0.25, 0.3) is 0 Å². The van der Waals surface area contributed by atoms with Crippen molar-refractivity contribution in [1.82, 2.24) is 0 Å². The smallest absolute Gasteiger partial charge is 0.0106 e. The summed E-state index contributed by atoms with van der Waals surface area (Å²) < 4.78 is 0. The zero-order valence-corrected chi connectivity index (χ0v) is 12.4. The van der Waals surface area contributed by atoms with E-state index < -0.39 is 10.0 Å². The minimum Gasteiger partial charge on any atom is -0.223 e. The van der Waals surface area contributed by atoms with Gasteiger partial charge in [0.1, 0.15) is 0 Å². The van der Waals surface area contributed by atoms with Crippen molar-refractivity contribution in [3.63, 3.8) is 0 Å². The van der Waals surface area contributed by atoms with Gasteiger partial charge in [-0.3, -0.25) is 0 Å². The highest BCUT2D eigenvalue weighted by molar-refractivity contribution is 8.32. The van der Waals surface area contributed by atoms with E-state index in [2.05, 4.69) is 43.0 Å². The van der Waals surface area contributed by atoms with E-state index >= 15 is 0 Å². The molecule has 1 fully saturated rings. The standard InChI is InChI=1S/C16H26S/c1-17(2,3)16-11-9-15(10-12-16)13-14-7-5-4-6-8-14/h9-12,14H,4-8,13H2,1-3H3. The molecule has 0 N–H and O–H groups in total. The van der Waals surface area contributed by atoms with Gasteiger partial charge in [-0.25, -0.2) is 10.0 Å². The summed E-state index contributed by atoms with van der Waals surface area (Å²) in [5.41, 5.74) is 1.55. The lowest BCUT2D eigenvalue weighted by atomic mass is 9.85. The molecule has 2 rings (SSSR count). The third-order valence-corrected chi connectivity index (χ3v) is 5.57. The van der Waals surface area contributed by atoms with Gasteiger partial charge in [0, 0.05) is 0 Å². The molecule has 0 unspecified atom stereocenters. The van der Waals surface area contributed by atoms with Gasteiger partial charge in [0.15, 0.2) is 0 Å². The topological polar surface area (TPSA) is 0 Å². The average molecular weight is 250 g/mol. The van der Waals surface area contributed by atoms with Gasteiger partial charge in [-0.05, 0) is 53.7 Å². The Morgan fingerprint density at radius 1 is 0.941 bits per heavy atom. The average Bonchev–Trinajstić information content (AvgIpc) is 2.30. The Morgan fingerprint density at radius 2 is 1.53 bits per heavy atom. The van der Waals surface area contributed by atoms with Crippen molar-refractivity contribution < 1.29 is 0 Å². The Labute approximate surface area is 108 Å². The molecule has 0 amide bonds. The third kappa shape index (κ3) is 3.77. The summed E-state index contributed by atoms with van der Waals surface area (Å²) >= 11 is 0. The maximum absolute atomic E-state index is 2.36. The predicted molar refractivity (Wildman–Crippen MR) is 80.4 cm³/mol. The third-order valence-electron chi connectivity index (χ3n) is 3.88. The maximum Gasteiger partial charge on any atom is -0.0106 e. The summed E-state index contributed by atoms with van der Waals surface area (Å²) in [4.78, 5) is 1.53. The first-order valence-electron chi connectivity index (χ1n) is 6.83. The highest BCUT2D eigenvalue weighted by atomic mass is 32.3. The van der Waals surface area contributed by atoms with E-state index in [-0.39, 0.29) is 0 Å². The Kier molecular flexibility index (Phi) is 4.19. The number of benzene rings is 1. The molecule has 0 bridgehead atoms. The molecule has 0 spiro atoms. The second-order valence-electron chi connectivity index (χ2n) is 6.19. The quantitative estimate of drug-likeness (QED) is 0.718. The largest absolute Gasteiger partial charge is 0.223 e. The fourth-order valence-corrected chi connectivity index (χ4v) is 3.71. The van der Waals surface area contributed by atoms with Gasteiger partial charge < -0.3 is 0 Å². The van der Waals surface area contributed by atoms with Gasteiger partial charge >= 0.3 is 0 Å². The molecule has 0 nitrogen and oxygen atoms in total. The molecule has 0 aliphatic heterocycles. The normalized spacial score (nSPS) is 19.2. The minimum atomic E-state index is -0.553. The second kappa shape index (κ2) is 5.48. The van der Waals surface area contributed by atoms with Crippen LogP contribution in [0.2, 0.25) is 0 Å². The molecule has 1 aromatic carbocycles. The fraction of sp³-hybridized carbons (Fsp3) is 0.625. The molecule has 1 saturated carbocycles. The molecular weight excluding hydrogens is 224 g/mol. The lowest BCUT2D eigenvalue weighted by molar-refractivity contribution is 0.356. The highest BCUT2D eigenvalue weighted by Crippen LogP contribution is 2.44. The lowest BCUT2D eigenvalue weighted by Crippen LogP contribution is -2.09. The van der Waals surface area contributed by atoms with Crippen LogP contribution >= 0.6 is 10.0 Å². The Morgan fingerprint density at radius 3 is 2.06 bits per heavy atom. The molecule has 17 heavy (non-hydrogen) atoms. The summed E-state index contributed by atoms with van der Waals surface area (Å²) in [6, 6.07) is 9.44. The van der Waals surface area contributed by atoms with E-state index in [1.54, 1.807) is 5.56 Å². The molecule has 0 saturated heterocycles. The first-order valence-corrected chi connectivity index (χ1v) is 9.69. The van der Waals surface area contributed by atoms with Gasteiger partial charge in [-0.1, -0.05) is 44.2 Å². The Bertz CT molecular complexity index is 339. The zero-order chi connectivity index (χ0) is 12.3. The van der Waals surface area contributed by atoms with Crippen LogP contribution < -0.4 is 0 Å². The van der Waals surface area contributed by atoms with Crippen LogP contribution in [0, 0.1) is 5.92 Å². The Balaban J connectivity index is 1.98. The maximum atomic E-state index is 2.36. The zero-order valence-electron chi connectivity index (χ0n) is 11.5. The molecule has 1 heteroatoms. The monoisotopic (exact) mass is 250 g/mol. The summed E-state index contributed by atoms with van der Waals surface area (Å²) in [6.45, 7) is 0. The van der Waals surface area contributed by atoms with Crippen LogP contribution in [-0.2, 0) is 6.42 Å². The van der Waals surface area contributed by atoms with Crippen molar-refractivity contribution >= 4 is 10.0 Å². The molecule has 1 aliphatic rings. The molecule has 0 aromatic heterocycles. The van der Waals surface area contributed by atoms with Crippen molar-refractivity contribution in [2.75, 3.05) is 18.8 Å². The van der Waals surface area contributed by atoms with Gasteiger partial charge in [0.2, 0.25) is 0 Å². The molecular formula is C16H26S. The van der Waals surface area contributed by atoms with Gasteiger partial charge in [-0.15, -0.1) is 0 Å². The molecule has 1 aromatic rings. The first kappa shape index (κ1) is 13.0. The number of hydrogen-bond donors (Lipinski definition) is 0. The second-order valence-corrected chi connectivity index (χ2v) is 10.3. The first-order chi connectivity index (χ1) is 8.05. The fourth-order valence-electron chi connectivity index (χ4n) is 2.76. The SMILES string of the molecule is CS(C)(C)c1ccc(CC2CCCCC2)cc1. The van der Waals surface area contributed by atoms with E-state index in [1.165, 1.54) is 43.4 Å². The number of rotatable bonds is 3. The highest BCUT2D eigenvalue weighted by Gasteiger charge is 2.14. The molecule has 96 valence electrons. The van der Waals surface area contributed by atoms with Gasteiger partial charge in [0.25, 0.3) is 0 Å². The van der Waals surface area contributed by atoms with Crippen molar-refractivity contribution in [2.45, 2.75) is 43.4 Å². The van der Waals surface area contributed by atoms with Crippen LogP contribution in [0.1, 0.15) is 37.7 Å². The molecule has 0 heterocycles. The van der Waals surface area contributed by atoms with E-state index in [9.17, 15) is 0 Å². The van der Waals surface area contributed by atoms with Gasteiger partial charge in [0.05, 0.1) is 0 Å². The van der Waals surface area contributed by atoms with Crippen molar-refractivity contribution in [3.05, 3.63) is 29.8 Å². The molecule has 0 radical (unpaired) electrons. The minimum absolute atomic E-state index is 0.553. The van der Waals surface area contributed by atoms with E-state index in [4.69, 9.17) is 0 Å². The van der Waals surface area contributed by atoms with Crippen LogP contribution in [0.4, 0.5) is 0 Å². The van der Waals surface area contributed by atoms with Crippen LogP contribution in [0.5, 0.6) is 0 Å². The predicted octanol–water partition coefficient (Wildman–Crippen LogP) is 4.86. The molecule has 0 atom stereocenters. The van der Waals surface area contributed by atoms with E-state index in [0.29, 0.717) is 0 Å². The summed E-state index contributed by atoms with van der Waals surface area (Å²) in [7, 11) is -0.553. The summed E-state index contributed by atoms with van der Waals surface area (Å²) in [5.74, 6) is 0.955. The van der Waals surface area contributed by atoms with Gasteiger partial charge in [-0.2, -0.15) is 0 Å². The molecule has 1 aliphatic carbocycles. The summed E-state index contributed by atoms with van der Waals surface area (Å²) in [5, 5.41) is 0. The number of hydrogen-bond acceptors (Lipinski definition) is 0. The van der Waals surface area contributed by atoms with Crippen LogP contribution in [0.15, 0.2) is 29.2 Å². The van der Waals surface area contributed by atoms with Crippen molar-refractivity contribution in [1.29, 1.82) is 0 Å². The summed E-state index contributed by atoms with van der Waals surface area (Å²) in [6.07, 6.45) is 15.7. The van der Waals surface area contributed by atoms with E-state index in [1.807, 2.05) is 0 Å². The van der Waals surface area contributed by atoms with Crippen molar-refractivity contribution in [2.24, 2.45) is 5.92 Å². The van der Waals surface area contributed by atoms with Crippen LogP contribution in [0.3, 0.4) is 0 Å².